The van der Waals surface area contributed by atoms with Crippen molar-refractivity contribution in [2.75, 3.05) is 19.6 Å². The molecule has 1 aromatic rings. The van der Waals surface area contributed by atoms with Crippen LogP contribution in [0.1, 0.15) is 49.0 Å². The van der Waals surface area contributed by atoms with E-state index in [1.165, 1.54) is 17.5 Å². The molecular weight excluding hydrogens is 354 g/mol. The fourth-order valence-corrected chi connectivity index (χ4v) is 3.83. The molecule has 4 nitrogen and oxygen atoms in total. The molecule has 0 unspecified atom stereocenters. The average Bonchev–Trinajstić information content (AvgIpc) is 2.67. The molecule has 2 rings (SSSR count). The summed E-state index contributed by atoms with van der Waals surface area (Å²) in [6.45, 7) is 10.8. The van der Waals surface area contributed by atoms with Crippen molar-refractivity contribution in [1.29, 1.82) is 0 Å². The van der Waals surface area contributed by atoms with Gasteiger partial charge in [-0.25, -0.2) is 4.99 Å². The molecule has 0 aromatic heterocycles. The van der Waals surface area contributed by atoms with E-state index in [4.69, 9.17) is 5.73 Å². The fraction of sp³-hybridized carbons (Fsp3) is 0.364. The number of likely N-dealkylation sites (tertiary alicyclic amines) is 1. The summed E-state index contributed by atoms with van der Waals surface area (Å²) in [6.07, 6.45) is 8.06. The summed E-state index contributed by atoms with van der Waals surface area (Å²) in [4.78, 5) is 20.4. The van der Waals surface area contributed by atoms with Gasteiger partial charge >= 0.3 is 0 Å². The zero-order valence-corrected chi connectivity index (χ0v) is 17.1. The van der Waals surface area contributed by atoms with Crippen molar-refractivity contribution in [2.45, 2.75) is 33.1 Å². The Kier molecular flexibility index (Phi) is 8.55. The van der Waals surface area contributed by atoms with E-state index in [9.17, 15) is 4.79 Å². The number of aliphatic imine (C=N–C) groups is 1. The van der Waals surface area contributed by atoms with E-state index < -0.39 is 0 Å². The highest BCUT2D eigenvalue weighted by Crippen LogP contribution is 2.27. The van der Waals surface area contributed by atoms with Crippen LogP contribution in [-0.4, -0.2) is 36.7 Å². The van der Waals surface area contributed by atoms with Gasteiger partial charge in [0.25, 0.3) is 0 Å². The first-order chi connectivity index (χ1) is 13.0. The van der Waals surface area contributed by atoms with Gasteiger partial charge in [0.05, 0.1) is 6.34 Å². The van der Waals surface area contributed by atoms with Crippen LogP contribution >= 0.6 is 11.8 Å². The molecule has 1 aliphatic rings. The average molecular weight is 384 g/mol. The predicted octanol–water partition coefficient (Wildman–Crippen LogP) is 4.85. The molecule has 1 aromatic carbocycles. The molecule has 27 heavy (non-hydrogen) atoms. The molecule has 0 atom stereocenters. The molecule has 1 aliphatic heterocycles. The Morgan fingerprint density at radius 2 is 1.96 bits per heavy atom. The van der Waals surface area contributed by atoms with Crippen molar-refractivity contribution >= 4 is 30.0 Å². The Morgan fingerprint density at radius 1 is 1.30 bits per heavy atom. The van der Waals surface area contributed by atoms with Gasteiger partial charge in [0.2, 0.25) is 0 Å². The number of benzene rings is 1. The number of carbonyl (C=O) groups excluding carboxylic acids is 1. The van der Waals surface area contributed by atoms with Gasteiger partial charge < -0.3 is 5.73 Å². The quantitative estimate of drug-likeness (QED) is 0.396. The number of ketones is 1. The summed E-state index contributed by atoms with van der Waals surface area (Å²) < 4.78 is 0. The maximum Gasteiger partial charge on any atom is 0.162 e. The molecule has 0 radical (unpaired) electrons. The maximum absolute atomic E-state index is 11.7. The second kappa shape index (κ2) is 10.9. The molecule has 0 spiro atoms. The summed E-state index contributed by atoms with van der Waals surface area (Å²) in [5, 5.41) is 0. The number of nitrogens with two attached hydrogens (primary N) is 1. The molecule has 0 amide bonds. The first kappa shape index (κ1) is 21.2. The number of Topliss-reactive ketones (excluding diaryl/α,β-unsaturated/α-hetero) is 1. The van der Waals surface area contributed by atoms with Crippen LogP contribution in [0.3, 0.4) is 0 Å². The molecule has 0 bridgehead atoms. The number of thioether (sulfide) groups is 1. The third-order valence-electron chi connectivity index (χ3n) is 4.41. The van der Waals surface area contributed by atoms with E-state index in [0.717, 1.165) is 47.8 Å². The Balaban J connectivity index is 1.93. The zero-order chi connectivity index (χ0) is 19.6. The van der Waals surface area contributed by atoms with Crippen LogP contribution in [-0.2, 0) is 0 Å². The van der Waals surface area contributed by atoms with Gasteiger partial charge in [0.1, 0.15) is 0 Å². The molecule has 1 heterocycles. The van der Waals surface area contributed by atoms with E-state index >= 15 is 0 Å². The number of hydrogen-bond acceptors (Lipinski definition) is 4. The number of nitrogens with zero attached hydrogens (tertiary/aromatic N) is 2. The minimum atomic E-state index is 0.193. The summed E-state index contributed by atoms with van der Waals surface area (Å²) in [5.41, 5.74) is 8.78. The number of hydrogen-bond donors (Lipinski definition) is 1. The van der Waals surface area contributed by atoms with Crippen molar-refractivity contribution in [2.24, 2.45) is 10.7 Å². The Morgan fingerprint density at radius 3 is 2.52 bits per heavy atom. The maximum atomic E-state index is 11.7. The van der Waals surface area contributed by atoms with Crippen LogP contribution in [0, 0.1) is 0 Å². The van der Waals surface area contributed by atoms with E-state index in [1.807, 2.05) is 44.3 Å². The predicted molar refractivity (Wildman–Crippen MR) is 118 cm³/mol. The highest BCUT2D eigenvalue weighted by Gasteiger charge is 2.15. The summed E-state index contributed by atoms with van der Waals surface area (Å²) in [7, 11) is 0. The topological polar surface area (TPSA) is 58.7 Å². The summed E-state index contributed by atoms with van der Waals surface area (Å²) in [5.74, 6) is 0.193. The van der Waals surface area contributed by atoms with Crippen molar-refractivity contribution in [3.8, 4) is 0 Å². The zero-order valence-electron chi connectivity index (χ0n) is 16.3. The Labute approximate surface area is 166 Å². The summed E-state index contributed by atoms with van der Waals surface area (Å²) >= 11 is 1.66. The largest absolute Gasteiger partial charge is 0.390 e. The van der Waals surface area contributed by atoms with Gasteiger partial charge in [-0.2, -0.15) is 0 Å². The lowest BCUT2D eigenvalue weighted by Crippen LogP contribution is -2.32. The van der Waals surface area contributed by atoms with Crippen LogP contribution in [0.4, 0.5) is 0 Å². The van der Waals surface area contributed by atoms with Gasteiger partial charge in [-0.1, -0.05) is 61.2 Å². The molecule has 1 saturated heterocycles. The number of rotatable bonds is 8. The minimum absolute atomic E-state index is 0.193. The van der Waals surface area contributed by atoms with Crippen LogP contribution in [0.25, 0.3) is 6.08 Å². The molecule has 1 fully saturated rings. The number of piperidine rings is 1. The molecule has 0 saturated carbocycles. The van der Waals surface area contributed by atoms with E-state index in [2.05, 4.69) is 22.5 Å². The molecule has 5 heteroatoms. The normalized spacial score (nSPS) is 15.9. The van der Waals surface area contributed by atoms with Crippen molar-refractivity contribution < 1.29 is 4.79 Å². The second-order valence-electron chi connectivity index (χ2n) is 6.68. The third kappa shape index (κ3) is 7.19. The third-order valence-corrected chi connectivity index (χ3v) is 5.26. The van der Waals surface area contributed by atoms with E-state index in [0.29, 0.717) is 6.42 Å². The lowest BCUT2D eigenvalue weighted by atomic mass is 9.99. The Bertz CT molecular complexity index is 737. The van der Waals surface area contributed by atoms with E-state index in [-0.39, 0.29) is 5.78 Å². The van der Waals surface area contributed by atoms with Crippen molar-refractivity contribution in [3.05, 3.63) is 63.6 Å². The molecule has 2 N–H and O–H groups in total. The lowest BCUT2D eigenvalue weighted by molar-refractivity contribution is 0.0988. The fourth-order valence-electron chi connectivity index (χ4n) is 3.02. The molecule has 0 aliphatic carbocycles. The second-order valence-corrected chi connectivity index (χ2v) is 8.10. The van der Waals surface area contributed by atoms with Crippen LogP contribution in [0.5, 0.6) is 0 Å². The molecular formula is C22H29N3OS. The highest BCUT2D eigenvalue weighted by molar-refractivity contribution is 8.06. The van der Waals surface area contributed by atoms with Crippen molar-refractivity contribution in [3.63, 3.8) is 0 Å². The first-order valence-corrected chi connectivity index (χ1v) is 10.1. The van der Waals surface area contributed by atoms with Gasteiger partial charge in [0.15, 0.2) is 5.78 Å². The van der Waals surface area contributed by atoms with E-state index in [1.54, 1.807) is 11.8 Å². The lowest BCUT2D eigenvalue weighted by Gasteiger charge is -2.29. The monoisotopic (exact) mass is 383 g/mol. The number of allylic oxidation sites excluding steroid dienone is 1. The van der Waals surface area contributed by atoms with Crippen molar-refractivity contribution in [1.82, 2.24) is 4.90 Å². The summed E-state index contributed by atoms with van der Waals surface area (Å²) in [6, 6.07) is 7.93. The Hall–Kier alpha value is -2.11. The molecule has 144 valence electrons. The van der Waals surface area contributed by atoms with Gasteiger partial charge in [-0.3, -0.25) is 9.69 Å². The standard InChI is InChI=1S/C22H29N3OS/c1-4-22(26)20-7-5-18(6-8-20)13-19-9-11-25(12-10-19)15-21(14-24-16-23)27-17(2)3/h5-8,13-14,16H,2,4,9-12,15H2,1,3H3,(H2,23,24)/b21-14-. The van der Waals surface area contributed by atoms with Gasteiger partial charge in [-0.15, -0.1) is 0 Å². The number of carbonyl (C=O) groups is 1. The SMILES string of the molecule is C=C(C)S/C(=C\N=C\N)CN1CCC(=Cc2ccc(C(=O)CC)cc2)CC1. The first-order valence-electron chi connectivity index (χ1n) is 9.32. The minimum Gasteiger partial charge on any atom is -0.390 e. The van der Waals surface area contributed by atoms with Gasteiger partial charge in [0, 0.05) is 42.7 Å². The highest BCUT2D eigenvalue weighted by atomic mass is 32.2. The van der Waals surface area contributed by atoms with Crippen LogP contribution in [0.2, 0.25) is 0 Å². The van der Waals surface area contributed by atoms with Crippen LogP contribution < -0.4 is 5.73 Å². The van der Waals surface area contributed by atoms with Gasteiger partial charge in [-0.05, 0) is 30.2 Å². The van der Waals surface area contributed by atoms with Crippen LogP contribution in [0.15, 0.2) is 57.4 Å². The smallest absolute Gasteiger partial charge is 0.162 e.